The van der Waals surface area contributed by atoms with Gasteiger partial charge in [0.15, 0.2) is 6.10 Å². The van der Waals surface area contributed by atoms with E-state index in [0.29, 0.717) is 19.3 Å². The molecule has 6 nitrogen and oxygen atoms in total. The van der Waals surface area contributed by atoms with Crippen molar-refractivity contribution in [1.82, 2.24) is 0 Å². The van der Waals surface area contributed by atoms with E-state index in [2.05, 4.69) is 20.8 Å². The van der Waals surface area contributed by atoms with Crippen LogP contribution in [0.5, 0.6) is 0 Å². The van der Waals surface area contributed by atoms with Crippen molar-refractivity contribution in [2.45, 2.75) is 335 Å². The van der Waals surface area contributed by atoms with Crippen LogP contribution in [-0.2, 0) is 28.6 Å². The highest BCUT2D eigenvalue weighted by Gasteiger charge is 2.19. The van der Waals surface area contributed by atoms with E-state index in [1.165, 1.54) is 231 Å². The van der Waals surface area contributed by atoms with Crippen LogP contribution >= 0.6 is 0 Å². The molecule has 0 saturated carbocycles. The molecule has 0 spiro atoms. The summed E-state index contributed by atoms with van der Waals surface area (Å²) in [6.45, 7) is 6.70. The lowest BCUT2D eigenvalue weighted by Gasteiger charge is -2.18. The van der Waals surface area contributed by atoms with Crippen LogP contribution in [0.4, 0.5) is 0 Å². The molecule has 0 aromatic rings. The molecular weight excluding hydrogens is 781 g/mol. The van der Waals surface area contributed by atoms with E-state index in [-0.39, 0.29) is 31.1 Å². The molecule has 0 radical (unpaired) electrons. The van der Waals surface area contributed by atoms with Gasteiger partial charge < -0.3 is 14.2 Å². The maximum Gasteiger partial charge on any atom is 0.306 e. The van der Waals surface area contributed by atoms with E-state index >= 15 is 0 Å². The van der Waals surface area contributed by atoms with Crippen LogP contribution in [0.15, 0.2) is 0 Å². The summed E-state index contributed by atoms with van der Waals surface area (Å²) >= 11 is 0. The van der Waals surface area contributed by atoms with E-state index in [1.807, 2.05) is 0 Å². The SMILES string of the molecule is CCCCCCCCCCCCCCCCCCCCC(=O)OC[C@H](COC(=O)CCCCCCCCCCCCCCC)OC(=O)CCCCCCCCCCCCCCCC. The number of rotatable bonds is 53. The fourth-order valence-corrected chi connectivity index (χ4v) is 8.80. The van der Waals surface area contributed by atoms with Crippen molar-refractivity contribution in [2.75, 3.05) is 13.2 Å². The molecule has 63 heavy (non-hydrogen) atoms. The molecule has 0 aliphatic carbocycles. The number of ether oxygens (including phenoxy) is 3. The second kappa shape index (κ2) is 53.0. The van der Waals surface area contributed by atoms with Gasteiger partial charge in [-0.15, -0.1) is 0 Å². The fraction of sp³-hybridized carbons (Fsp3) is 0.947. The topological polar surface area (TPSA) is 78.9 Å². The van der Waals surface area contributed by atoms with Crippen molar-refractivity contribution in [3.05, 3.63) is 0 Å². The average molecular weight is 892 g/mol. The molecule has 0 saturated heterocycles. The Morgan fingerprint density at radius 3 is 0.635 bits per heavy atom. The summed E-state index contributed by atoms with van der Waals surface area (Å²) in [5.74, 6) is -0.833. The summed E-state index contributed by atoms with van der Waals surface area (Å²) in [4.78, 5) is 38.1. The van der Waals surface area contributed by atoms with Gasteiger partial charge in [-0.3, -0.25) is 14.4 Å². The lowest BCUT2D eigenvalue weighted by Crippen LogP contribution is -2.30. The van der Waals surface area contributed by atoms with Crippen LogP contribution in [-0.4, -0.2) is 37.2 Å². The minimum Gasteiger partial charge on any atom is -0.462 e. The number of esters is 3. The largest absolute Gasteiger partial charge is 0.462 e. The summed E-state index contributed by atoms with van der Waals surface area (Å²) in [7, 11) is 0. The Bertz CT molecular complexity index is 936. The molecule has 0 aliphatic heterocycles. The van der Waals surface area contributed by atoms with Gasteiger partial charge in [0.2, 0.25) is 0 Å². The third kappa shape index (κ3) is 51.3. The molecule has 0 aliphatic rings. The zero-order valence-corrected chi connectivity index (χ0v) is 42.9. The Morgan fingerprint density at radius 1 is 0.254 bits per heavy atom. The quantitative estimate of drug-likeness (QED) is 0.0344. The first-order chi connectivity index (χ1) is 31.0. The van der Waals surface area contributed by atoms with Crippen LogP contribution in [0, 0.1) is 0 Å². The average Bonchev–Trinajstić information content (AvgIpc) is 3.28. The third-order valence-electron chi connectivity index (χ3n) is 13.1. The summed E-state index contributed by atoms with van der Waals surface area (Å²) in [6, 6.07) is 0. The van der Waals surface area contributed by atoms with Gasteiger partial charge in [-0.25, -0.2) is 0 Å². The van der Waals surface area contributed by atoms with Crippen molar-refractivity contribution in [3.63, 3.8) is 0 Å². The molecule has 0 aromatic heterocycles. The molecule has 6 heteroatoms. The summed E-state index contributed by atoms with van der Waals surface area (Å²) < 4.78 is 16.9. The Hall–Kier alpha value is -1.59. The Morgan fingerprint density at radius 2 is 0.429 bits per heavy atom. The molecule has 0 N–H and O–H groups in total. The molecule has 0 aromatic carbocycles. The van der Waals surface area contributed by atoms with Crippen LogP contribution in [0.3, 0.4) is 0 Å². The van der Waals surface area contributed by atoms with Gasteiger partial charge in [-0.1, -0.05) is 290 Å². The van der Waals surface area contributed by atoms with E-state index in [4.69, 9.17) is 14.2 Å². The minimum absolute atomic E-state index is 0.0611. The van der Waals surface area contributed by atoms with Crippen LogP contribution in [0.2, 0.25) is 0 Å². The predicted molar refractivity (Wildman–Crippen MR) is 270 cm³/mol. The van der Waals surface area contributed by atoms with Crippen LogP contribution in [0.25, 0.3) is 0 Å². The molecule has 0 unspecified atom stereocenters. The minimum atomic E-state index is -0.760. The second-order valence-electron chi connectivity index (χ2n) is 19.6. The van der Waals surface area contributed by atoms with Crippen molar-refractivity contribution >= 4 is 17.9 Å². The molecule has 0 bridgehead atoms. The molecule has 0 rings (SSSR count). The molecule has 1 atom stereocenters. The molecule has 0 amide bonds. The van der Waals surface area contributed by atoms with Gasteiger partial charge in [0.05, 0.1) is 0 Å². The normalized spacial score (nSPS) is 11.9. The van der Waals surface area contributed by atoms with Gasteiger partial charge >= 0.3 is 17.9 Å². The van der Waals surface area contributed by atoms with Crippen molar-refractivity contribution in [1.29, 1.82) is 0 Å². The molecule has 374 valence electrons. The van der Waals surface area contributed by atoms with Gasteiger partial charge in [-0.05, 0) is 19.3 Å². The highest BCUT2D eigenvalue weighted by atomic mass is 16.6. The number of hydrogen-bond acceptors (Lipinski definition) is 6. The van der Waals surface area contributed by atoms with E-state index in [1.54, 1.807) is 0 Å². The van der Waals surface area contributed by atoms with Gasteiger partial charge in [0.1, 0.15) is 13.2 Å². The number of carbonyl (C=O) groups is 3. The number of carbonyl (C=O) groups excluding carboxylic acids is 3. The maximum atomic E-state index is 12.8. The number of unbranched alkanes of at least 4 members (excludes halogenated alkanes) is 42. The summed E-state index contributed by atoms with van der Waals surface area (Å²) in [5, 5.41) is 0. The van der Waals surface area contributed by atoms with Gasteiger partial charge in [-0.2, -0.15) is 0 Å². The lowest BCUT2D eigenvalue weighted by atomic mass is 10.0. The van der Waals surface area contributed by atoms with Crippen molar-refractivity contribution < 1.29 is 28.6 Å². The van der Waals surface area contributed by atoms with Crippen LogP contribution in [0.1, 0.15) is 329 Å². The zero-order chi connectivity index (χ0) is 45.8. The van der Waals surface area contributed by atoms with Crippen molar-refractivity contribution in [3.8, 4) is 0 Å². The van der Waals surface area contributed by atoms with Crippen molar-refractivity contribution in [2.24, 2.45) is 0 Å². The van der Waals surface area contributed by atoms with E-state index in [0.717, 1.165) is 57.8 Å². The summed E-state index contributed by atoms with van der Waals surface area (Å²) in [6.07, 6.45) is 58.0. The first kappa shape index (κ1) is 61.4. The monoisotopic (exact) mass is 891 g/mol. The number of hydrogen-bond donors (Lipinski definition) is 0. The first-order valence-corrected chi connectivity index (χ1v) is 28.5. The summed E-state index contributed by atoms with van der Waals surface area (Å²) in [5.41, 5.74) is 0. The maximum absolute atomic E-state index is 12.8. The zero-order valence-electron chi connectivity index (χ0n) is 42.9. The molecule has 0 heterocycles. The van der Waals surface area contributed by atoms with E-state index < -0.39 is 6.10 Å². The Balaban J connectivity index is 4.27. The van der Waals surface area contributed by atoms with E-state index in [9.17, 15) is 14.4 Å². The third-order valence-corrected chi connectivity index (χ3v) is 13.1. The Kier molecular flexibility index (Phi) is 51.7. The van der Waals surface area contributed by atoms with Gasteiger partial charge in [0, 0.05) is 19.3 Å². The standard InChI is InChI=1S/C57H110O6/c1-4-7-10-13-16-19-22-25-27-28-29-30-33-35-38-41-44-47-50-56(59)62-53-54(52-61-55(58)49-46-43-40-37-34-31-24-21-18-15-12-9-6-3)63-57(60)51-48-45-42-39-36-32-26-23-20-17-14-11-8-5-2/h54H,4-53H2,1-3H3/t54-/m0/s1. The fourth-order valence-electron chi connectivity index (χ4n) is 8.80. The van der Waals surface area contributed by atoms with Gasteiger partial charge in [0.25, 0.3) is 0 Å². The highest BCUT2D eigenvalue weighted by molar-refractivity contribution is 5.71. The second-order valence-corrected chi connectivity index (χ2v) is 19.6. The first-order valence-electron chi connectivity index (χ1n) is 28.5. The molecule has 0 fully saturated rings. The lowest BCUT2D eigenvalue weighted by molar-refractivity contribution is -0.167. The smallest absolute Gasteiger partial charge is 0.306 e. The van der Waals surface area contributed by atoms with Crippen LogP contribution < -0.4 is 0 Å². The predicted octanol–water partition coefficient (Wildman–Crippen LogP) is 18.8. The highest BCUT2D eigenvalue weighted by Crippen LogP contribution is 2.17. The Labute approximate surface area is 393 Å². The molecular formula is C57H110O6.